The van der Waals surface area contributed by atoms with Crippen molar-refractivity contribution in [3.8, 4) is 5.75 Å². The van der Waals surface area contributed by atoms with Crippen molar-refractivity contribution in [3.63, 3.8) is 0 Å². The fraction of sp³-hybridized carbons (Fsp3) is 0.455. The quantitative estimate of drug-likeness (QED) is 0.889. The van der Waals surface area contributed by atoms with Crippen molar-refractivity contribution in [1.82, 2.24) is 5.32 Å². The second-order valence-electron chi connectivity index (χ2n) is 3.67. The summed E-state index contributed by atoms with van der Waals surface area (Å²) in [6, 6.07) is 3.64. The van der Waals surface area contributed by atoms with Crippen LogP contribution in [0.5, 0.6) is 5.75 Å². The van der Waals surface area contributed by atoms with Crippen molar-refractivity contribution in [3.05, 3.63) is 29.3 Å². The van der Waals surface area contributed by atoms with Crippen LogP contribution in [-0.4, -0.2) is 13.2 Å². The third-order valence-corrected chi connectivity index (χ3v) is 2.57. The summed E-state index contributed by atoms with van der Waals surface area (Å²) in [4.78, 5) is 0. The number of fused-ring (bicyclic) bond motifs is 1. The van der Waals surface area contributed by atoms with Gasteiger partial charge in [-0.15, -0.1) is 12.4 Å². The minimum absolute atomic E-state index is 0. The highest BCUT2D eigenvalue weighted by molar-refractivity contribution is 5.85. The zero-order valence-corrected chi connectivity index (χ0v) is 9.99. The molecule has 0 radical (unpaired) electrons. The highest BCUT2D eigenvalue weighted by Gasteiger charge is 2.33. The van der Waals surface area contributed by atoms with E-state index >= 15 is 0 Å². The Morgan fingerprint density at radius 1 is 1.41 bits per heavy atom. The molecule has 1 heterocycles. The summed E-state index contributed by atoms with van der Waals surface area (Å²) in [5, 5.41) is 3.15. The zero-order chi connectivity index (χ0) is 11.8. The van der Waals surface area contributed by atoms with E-state index in [4.69, 9.17) is 4.74 Å². The third-order valence-electron chi connectivity index (χ3n) is 2.57. The summed E-state index contributed by atoms with van der Waals surface area (Å²) < 4.78 is 42.5. The van der Waals surface area contributed by atoms with E-state index in [1.807, 2.05) is 6.92 Å². The fourth-order valence-corrected chi connectivity index (χ4v) is 1.80. The number of hydrogen-bond acceptors (Lipinski definition) is 2. The Balaban J connectivity index is 0.00000144. The molecule has 0 fully saturated rings. The molecule has 1 unspecified atom stereocenters. The molecule has 1 aliphatic rings. The molecular formula is C11H13ClF3NO. The van der Waals surface area contributed by atoms with Crippen LogP contribution in [0, 0.1) is 0 Å². The average Bonchev–Trinajstić information content (AvgIpc) is 2.60. The molecule has 0 bridgehead atoms. The first-order chi connectivity index (χ1) is 7.52. The number of ether oxygens (including phenoxy) is 1. The summed E-state index contributed by atoms with van der Waals surface area (Å²) in [7, 11) is 0. The van der Waals surface area contributed by atoms with Gasteiger partial charge in [0.05, 0.1) is 11.6 Å². The lowest BCUT2D eigenvalue weighted by Crippen LogP contribution is -2.21. The van der Waals surface area contributed by atoms with Crippen LogP contribution in [-0.2, 0) is 6.18 Å². The number of alkyl halides is 3. The number of likely N-dealkylation sites (N-methyl/N-ethyl adjacent to an activating group) is 1. The molecule has 6 heteroatoms. The zero-order valence-electron chi connectivity index (χ0n) is 9.17. The molecule has 1 aliphatic heterocycles. The van der Waals surface area contributed by atoms with Crippen molar-refractivity contribution in [2.75, 3.05) is 13.2 Å². The Morgan fingerprint density at radius 2 is 2.12 bits per heavy atom. The largest absolute Gasteiger partial charge is 0.491 e. The Labute approximate surface area is 104 Å². The van der Waals surface area contributed by atoms with Gasteiger partial charge in [0.15, 0.2) is 0 Å². The molecule has 0 aliphatic carbocycles. The van der Waals surface area contributed by atoms with Crippen LogP contribution in [0.1, 0.15) is 24.1 Å². The second-order valence-corrected chi connectivity index (χ2v) is 3.67. The summed E-state index contributed by atoms with van der Waals surface area (Å²) in [5.41, 5.74) is 0.137. The van der Waals surface area contributed by atoms with E-state index in [1.54, 1.807) is 0 Å². The van der Waals surface area contributed by atoms with E-state index in [2.05, 4.69) is 5.32 Å². The first-order valence-corrected chi connectivity index (χ1v) is 5.09. The summed E-state index contributed by atoms with van der Waals surface area (Å²) in [6.45, 7) is 3.10. The van der Waals surface area contributed by atoms with Crippen molar-refractivity contribution in [2.24, 2.45) is 0 Å². The molecular weight excluding hydrogens is 255 g/mol. The Bertz CT molecular complexity index is 395. The minimum Gasteiger partial charge on any atom is -0.491 e. The minimum atomic E-state index is -4.31. The molecule has 96 valence electrons. The van der Waals surface area contributed by atoms with Gasteiger partial charge in [-0.3, -0.25) is 0 Å². The number of nitrogens with one attached hydrogen (secondary N) is 1. The van der Waals surface area contributed by atoms with Crippen LogP contribution in [0.15, 0.2) is 18.2 Å². The molecule has 1 N–H and O–H groups in total. The molecule has 0 spiro atoms. The topological polar surface area (TPSA) is 21.3 Å². The van der Waals surface area contributed by atoms with Crippen LogP contribution in [0.3, 0.4) is 0 Å². The SMILES string of the molecule is CCNC1COc2cc(C(F)(F)F)ccc21.Cl. The van der Waals surface area contributed by atoms with Gasteiger partial charge >= 0.3 is 6.18 Å². The van der Waals surface area contributed by atoms with Crippen molar-refractivity contribution >= 4 is 12.4 Å². The lowest BCUT2D eigenvalue weighted by atomic mass is 10.1. The predicted octanol–water partition coefficient (Wildman–Crippen LogP) is 3.17. The van der Waals surface area contributed by atoms with Crippen molar-refractivity contribution < 1.29 is 17.9 Å². The lowest BCUT2D eigenvalue weighted by molar-refractivity contribution is -0.137. The number of benzene rings is 1. The predicted molar refractivity (Wildman–Crippen MR) is 60.6 cm³/mol. The van der Waals surface area contributed by atoms with E-state index < -0.39 is 11.7 Å². The van der Waals surface area contributed by atoms with Crippen molar-refractivity contribution in [2.45, 2.75) is 19.1 Å². The maximum absolute atomic E-state index is 12.4. The van der Waals surface area contributed by atoms with Gasteiger partial charge in [0.1, 0.15) is 12.4 Å². The lowest BCUT2D eigenvalue weighted by Gasteiger charge is -2.10. The highest BCUT2D eigenvalue weighted by Crippen LogP contribution is 2.38. The number of halogens is 4. The van der Waals surface area contributed by atoms with Gasteiger partial charge in [-0.1, -0.05) is 13.0 Å². The maximum Gasteiger partial charge on any atom is 0.416 e. The number of rotatable bonds is 2. The normalized spacial score (nSPS) is 18.2. The molecule has 0 saturated heterocycles. The molecule has 2 nitrogen and oxygen atoms in total. The van der Waals surface area contributed by atoms with E-state index in [-0.39, 0.29) is 18.4 Å². The van der Waals surface area contributed by atoms with Crippen molar-refractivity contribution in [1.29, 1.82) is 0 Å². The second kappa shape index (κ2) is 5.14. The smallest absolute Gasteiger partial charge is 0.416 e. The van der Waals surface area contributed by atoms with E-state index in [1.165, 1.54) is 6.07 Å². The van der Waals surface area contributed by atoms with Crippen LogP contribution in [0.25, 0.3) is 0 Å². The molecule has 0 amide bonds. The van der Waals surface area contributed by atoms with Gasteiger partial charge in [-0.2, -0.15) is 13.2 Å². The van der Waals surface area contributed by atoms with Crippen LogP contribution in [0.4, 0.5) is 13.2 Å². The Hall–Kier alpha value is -0.940. The van der Waals surface area contributed by atoms with Crippen LogP contribution < -0.4 is 10.1 Å². The average molecular weight is 268 g/mol. The fourth-order valence-electron chi connectivity index (χ4n) is 1.80. The van der Waals surface area contributed by atoms with Gasteiger partial charge in [0, 0.05) is 5.56 Å². The highest BCUT2D eigenvalue weighted by atomic mass is 35.5. The molecule has 0 saturated carbocycles. The summed E-state index contributed by atoms with van der Waals surface area (Å²) in [5.74, 6) is 0.334. The molecule has 1 aromatic carbocycles. The van der Waals surface area contributed by atoms with Crippen LogP contribution >= 0.6 is 12.4 Å². The Kier molecular flexibility index (Phi) is 4.27. The Morgan fingerprint density at radius 3 is 2.71 bits per heavy atom. The number of hydrogen-bond donors (Lipinski definition) is 1. The molecule has 1 atom stereocenters. The maximum atomic E-state index is 12.4. The first kappa shape index (κ1) is 14.1. The van der Waals surface area contributed by atoms with Gasteiger partial charge < -0.3 is 10.1 Å². The third kappa shape index (κ3) is 2.84. The van der Waals surface area contributed by atoms with Gasteiger partial charge in [-0.05, 0) is 18.7 Å². The molecule has 1 aromatic rings. The van der Waals surface area contributed by atoms with E-state index in [0.717, 1.165) is 24.2 Å². The first-order valence-electron chi connectivity index (χ1n) is 5.09. The monoisotopic (exact) mass is 267 g/mol. The summed E-state index contributed by atoms with van der Waals surface area (Å²) >= 11 is 0. The van der Waals surface area contributed by atoms with Gasteiger partial charge in [-0.25, -0.2) is 0 Å². The molecule has 0 aromatic heterocycles. The summed E-state index contributed by atoms with van der Waals surface area (Å²) in [6.07, 6.45) is -4.31. The molecule has 17 heavy (non-hydrogen) atoms. The standard InChI is InChI=1S/C11H12F3NO.ClH/c1-2-15-9-6-16-10-5-7(11(12,13)14)3-4-8(9)10;/h3-5,9,15H,2,6H2,1H3;1H. The van der Waals surface area contributed by atoms with E-state index in [9.17, 15) is 13.2 Å². The van der Waals surface area contributed by atoms with Gasteiger partial charge in [0.25, 0.3) is 0 Å². The van der Waals surface area contributed by atoms with Crippen LogP contribution in [0.2, 0.25) is 0 Å². The molecule has 2 rings (SSSR count). The van der Waals surface area contributed by atoms with E-state index in [0.29, 0.717) is 12.4 Å². The van der Waals surface area contributed by atoms with Gasteiger partial charge in [0.2, 0.25) is 0 Å².